The summed E-state index contributed by atoms with van der Waals surface area (Å²) in [4.78, 5) is 20.8. The maximum atomic E-state index is 11.8. The van der Waals surface area contributed by atoms with Crippen LogP contribution in [0.4, 0.5) is 5.69 Å². The van der Waals surface area contributed by atoms with Crippen LogP contribution in [0.15, 0.2) is 16.9 Å². The zero-order valence-corrected chi connectivity index (χ0v) is 16.6. The van der Waals surface area contributed by atoms with Gasteiger partial charge in [-0.3, -0.25) is 4.79 Å². The number of nitrogens with zero attached hydrogens (tertiary/aromatic N) is 5. The second kappa shape index (κ2) is 8.56. The van der Waals surface area contributed by atoms with Crippen molar-refractivity contribution in [1.82, 2.24) is 30.2 Å². The molecule has 0 saturated carbocycles. The number of nitrogens with one attached hydrogen (secondary N) is 2. The SMILES string of the molecule is CCNC(=O)Cc1noc(-c2cnc3c(cnn3CC)c2NC2CCOCC2)n1. The van der Waals surface area contributed by atoms with E-state index in [-0.39, 0.29) is 18.4 Å². The van der Waals surface area contributed by atoms with Crippen molar-refractivity contribution in [2.24, 2.45) is 0 Å². The molecule has 4 rings (SSSR count). The largest absolute Gasteiger partial charge is 0.381 e. The van der Waals surface area contributed by atoms with E-state index in [9.17, 15) is 4.79 Å². The highest BCUT2D eigenvalue weighted by Crippen LogP contribution is 2.34. The summed E-state index contributed by atoms with van der Waals surface area (Å²) in [6.07, 6.45) is 5.43. The van der Waals surface area contributed by atoms with Crippen LogP contribution in [0.1, 0.15) is 32.5 Å². The molecule has 0 spiro atoms. The fourth-order valence-electron chi connectivity index (χ4n) is 3.46. The Morgan fingerprint density at radius 2 is 2.10 bits per heavy atom. The molecule has 154 valence electrons. The summed E-state index contributed by atoms with van der Waals surface area (Å²) < 4.78 is 12.8. The van der Waals surface area contributed by atoms with Gasteiger partial charge in [-0.15, -0.1) is 0 Å². The van der Waals surface area contributed by atoms with Crippen LogP contribution in [-0.4, -0.2) is 56.6 Å². The molecule has 29 heavy (non-hydrogen) atoms. The third-order valence-corrected chi connectivity index (χ3v) is 4.93. The molecule has 0 aliphatic carbocycles. The van der Waals surface area contributed by atoms with Gasteiger partial charge in [0.15, 0.2) is 11.5 Å². The highest BCUT2D eigenvalue weighted by molar-refractivity contribution is 5.96. The number of hydrogen-bond acceptors (Lipinski definition) is 8. The number of ether oxygens (including phenoxy) is 1. The van der Waals surface area contributed by atoms with Gasteiger partial charge >= 0.3 is 0 Å². The third kappa shape index (κ3) is 4.07. The molecular formula is C19H25N7O3. The minimum Gasteiger partial charge on any atom is -0.381 e. The molecule has 0 radical (unpaired) electrons. The van der Waals surface area contributed by atoms with Gasteiger partial charge in [0.05, 0.1) is 29.3 Å². The lowest BCUT2D eigenvalue weighted by Crippen LogP contribution is -2.28. The summed E-state index contributed by atoms with van der Waals surface area (Å²) in [5.74, 6) is 0.531. The van der Waals surface area contributed by atoms with Crippen LogP contribution in [0.5, 0.6) is 0 Å². The van der Waals surface area contributed by atoms with E-state index >= 15 is 0 Å². The Kier molecular flexibility index (Phi) is 5.70. The van der Waals surface area contributed by atoms with Gasteiger partial charge in [-0.1, -0.05) is 5.16 Å². The van der Waals surface area contributed by atoms with Gasteiger partial charge in [-0.2, -0.15) is 10.1 Å². The predicted molar refractivity (Wildman–Crippen MR) is 106 cm³/mol. The number of fused-ring (bicyclic) bond motifs is 1. The van der Waals surface area contributed by atoms with E-state index in [0.717, 1.165) is 49.3 Å². The monoisotopic (exact) mass is 399 g/mol. The number of aryl methyl sites for hydroxylation is 1. The van der Waals surface area contributed by atoms with E-state index in [1.54, 1.807) is 6.20 Å². The molecule has 1 amide bonds. The molecule has 0 atom stereocenters. The van der Waals surface area contributed by atoms with Crippen LogP contribution in [0.2, 0.25) is 0 Å². The Morgan fingerprint density at radius 1 is 1.28 bits per heavy atom. The van der Waals surface area contributed by atoms with E-state index in [4.69, 9.17) is 9.26 Å². The highest BCUT2D eigenvalue weighted by atomic mass is 16.5. The maximum absolute atomic E-state index is 11.8. The standard InChI is InChI=1S/C19H25N7O3/c1-3-20-16(27)9-15-24-19(29-25-15)14-10-21-18-13(11-22-26(18)4-2)17(14)23-12-5-7-28-8-6-12/h10-12H,3-9H2,1-2H3,(H,20,27)(H,21,23). The van der Waals surface area contributed by atoms with Gasteiger partial charge in [0.2, 0.25) is 5.91 Å². The van der Waals surface area contributed by atoms with Crippen molar-refractivity contribution in [3.63, 3.8) is 0 Å². The average Bonchev–Trinajstić information content (AvgIpc) is 3.36. The number of carbonyl (C=O) groups excluding carboxylic acids is 1. The first kappa shape index (κ1) is 19.3. The number of amides is 1. The van der Waals surface area contributed by atoms with Crippen LogP contribution in [0.25, 0.3) is 22.5 Å². The van der Waals surface area contributed by atoms with Crippen LogP contribution in [0, 0.1) is 0 Å². The fourth-order valence-corrected chi connectivity index (χ4v) is 3.46. The first-order chi connectivity index (χ1) is 14.2. The Hall–Kier alpha value is -3.01. The van der Waals surface area contributed by atoms with E-state index in [2.05, 4.69) is 30.9 Å². The van der Waals surface area contributed by atoms with Gasteiger partial charge in [0.25, 0.3) is 5.89 Å². The second-order valence-corrected chi connectivity index (χ2v) is 6.92. The number of likely N-dealkylation sites (N-methyl/N-ethyl adjacent to an activating group) is 1. The summed E-state index contributed by atoms with van der Waals surface area (Å²) in [7, 11) is 0. The smallest absolute Gasteiger partial charge is 0.261 e. The Morgan fingerprint density at radius 3 is 2.86 bits per heavy atom. The van der Waals surface area contributed by atoms with Crippen molar-refractivity contribution in [2.75, 3.05) is 25.1 Å². The summed E-state index contributed by atoms with van der Waals surface area (Å²) in [5, 5.41) is 15.7. The molecule has 0 aromatic carbocycles. The molecule has 0 unspecified atom stereocenters. The van der Waals surface area contributed by atoms with Crippen molar-refractivity contribution in [3.8, 4) is 11.5 Å². The number of anilines is 1. The van der Waals surface area contributed by atoms with Gasteiger partial charge in [0.1, 0.15) is 0 Å². The first-order valence-electron chi connectivity index (χ1n) is 9.98. The van der Waals surface area contributed by atoms with Crippen LogP contribution in [-0.2, 0) is 22.5 Å². The van der Waals surface area contributed by atoms with E-state index < -0.39 is 0 Å². The van der Waals surface area contributed by atoms with E-state index in [1.165, 1.54) is 0 Å². The third-order valence-electron chi connectivity index (χ3n) is 4.93. The number of rotatable bonds is 7. The number of pyridine rings is 1. The summed E-state index contributed by atoms with van der Waals surface area (Å²) in [6, 6.07) is 0.274. The minimum atomic E-state index is -0.141. The lowest BCUT2D eigenvalue weighted by molar-refractivity contribution is -0.120. The van der Waals surface area contributed by atoms with Crippen molar-refractivity contribution in [2.45, 2.75) is 45.7 Å². The highest BCUT2D eigenvalue weighted by Gasteiger charge is 2.22. The summed E-state index contributed by atoms with van der Waals surface area (Å²) in [5.41, 5.74) is 2.37. The van der Waals surface area contributed by atoms with Gasteiger partial charge < -0.3 is 19.9 Å². The van der Waals surface area contributed by atoms with Gasteiger partial charge in [0, 0.05) is 38.5 Å². The number of aromatic nitrogens is 5. The zero-order chi connectivity index (χ0) is 20.2. The molecule has 1 aliphatic rings. The van der Waals surface area contributed by atoms with Crippen LogP contribution >= 0.6 is 0 Å². The maximum Gasteiger partial charge on any atom is 0.261 e. The zero-order valence-electron chi connectivity index (χ0n) is 16.6. The Balaban J connectivity index is 1.70. The Labute approximate surface area is 168 Å². The second-order valence-electron chi connectivity index (χ2n) is 6.92. The molecule has 3 aromatic heterocycles. The van der Waals surface area contributed by atoms with Crippen molar-refractivity contribution in [3.05, 3.63) is 18.2 Å². The molecule has 1 aliphatic heterocycles. The van der Waals surface area contributed by atoms with Crippen LogP contribution < -0.4 is 10.6 Å². The van der Waals surface area contributed by atoms with E-state index in [0.29, 0.717) is 23.8 Å². The van der Waals surface area contributed by atoms with Gasteiger partial charge in [-0.25, -0.2) is 9.67 Å². The van der Waals surface area contributed by atoms with Crippen molar-refractivity contribution in [1.29, 1.82) is 0 Å². The predicted octanol–water partition coefficient (Wildman–Crippen LogP) is 1.77. The molecule has 1 fully saturated rings. The number of carbonyl (C=O) groups is 1. The topological polar surface area (TPSA) is 120 Å². The summed E-state index contributed by atoms with van der Waals surface area (Å²) in [6.45, 7) is 6.64. The number of hydrogen-bond donors (Lipinski definition) is 2. The van der Waals surface area contributed by atoms with Crippen molar-refractivity contribution >= 4 is 22.6 Å². The van der Waals surface area contributed by atoms with Crippen molar-refractivity contribution < 1.29 is 14.1 Å². The molecule has 2 N–H and O–H groups in total. The molecule has 3 aromatic rings. The molecular weight excluding hydrogens is 374 g/mol. The molecule has 0 bridgehead atoms. The normalized spacial score (nSPS) is 15.0. The molecule has 10 nitrogen and oxygen atoms in total. The molecule has 4 heterocycles. The average molecular weight is 399 g/mol. The van der Waals surface area contributed by atoms with Gasteiger partial charge in [-0.05, 0) is 26.7 Å². The fraction of sp³-hybridized carbons (Fsp3) is 0.526. The Bertz CT molecular complexity index is 991. The lowest BCUT2D eigenvalue weighted by Gasteiger charge is -2.25. The van der Waals surface area contributed by atoms with E-state index in [1.807, 2.05) is 24.7 Å². The quantitative estimate of drug-likeness (QED) is 0.617. The first-order valence-corrected chi connectivity index (χ1v) is 9.98. The van der Waals surface area contributed by atoms with Crippen LogP contribution in [0.3, 0.4) is 0 Å². The molecule has 1 saturated heterocycles. The summed E-state index contributed by atoms with van der Waals surface area (Å²) >= 11 is 0. The molecule has 10 heteroatoms. The minimum absolute atomic E-state index is 0.0729. The lowest BCUT2D eigenvalue weighted by atomic mass is 10.1.